The van der Waals surface area contributed by atoms with Crippen molar-refractivity contribution in [1.29, 1.82) is 0 Å². The molecule has 310 valence electrons. The van der Waals surface area contributed by atoms with E-state index in [0.717, 1.165) is 12.1 Å². The van der Waals surface area contributed by atoms with Gasteiger partial charge in [-0.25, -0.2) is 21.4 Å². The van der Waals surface area contributed by atoms with Crippen molar-refractivity contribution in [2.24, 2.45) is 10.2 Å². The third-order valence-electron chi connectivity index (χ3n) is 7.12. The zero-order valence-corrected chi connectivity index (χ0v) is 32.6. The molecule has 0 saturated carbocycles. The van der Waals surface area contributed by atoms with Crippen molar-refractivity contribution in [3.8, 4) is 5.75 Å². The second kappa shape index (κ2) is 15.9. The van der Waals surface area contributed by atoms with Gasteiger partial charge in [-0.15, -0.1) is 10.2 Å². The number of rotatable bonds is 14. The van der Waals surface area contributed by atoms with Crippen LogP contribution in [0.4, 0.5) is 43.4 Å². The van der Waals surface area contributed by atoms with Crippen molar-refractivity contribution in [3.63, 3.8) is 0 Å². The van der Waals surface area contributed by atoms with Crippen molar-refractivity contribution >= 4 is 108 Å². The summed E-state index contributed by atoms with van der Waals surface area (Å²) >= 11 is 6.05. The molecule has 58 heavy (non-hydrogen) atoms. The second-order valence-electron chi connectivity index (χ2n) is 11.1. The molecule has 5 aromatic rings. The van der Waals surface area contributed by atoms with Crippen LogP contribution < -0.4 is 10.6 Å². The molecule has 4 aromatic carbocycles. The van der Waals surface area contributed by atoms with Crippen molar-refractivity contribution in [3.05, 3.63) is 71.5 Å². The van der Waals surface area contributed by atoms with Crippen LogP contribution in [0, 0.1) is 11.6 Å². The zero-order valence-electron chi connectivity index (χ0n) is 27.7. The lowest BCUT2D eigenvalue weighted by Crippen LogP contribution is -2.15. The molecule has 0 bridgehead atoms. The highest BCUT2D eigenvalue weighted by Gasteiger charge is 2.27. The monoisotopic (exact) mass is 931 g/mol. The third kappa shape index (κ3) is 10.5. The summed E-state index contributed by atoms with van der Waals surface area (Å²) in [7, 11) is -25.0. The van der Waals surface area contributed by atoms with Gasteiger partial charge in [-0.2, -0.15) is 48.6 Å². The number of hydrogen-bond acceptors (Lipinski definition) is 19. The van der Waals surface area contributed by atoms with E-state index in [0.29, 0.717) is 18.2 Å². The highest BCUT2D eigenvalue weighted by Crippen LogP contribution is 2.46. The Bertz CT molecular complexity index is 3120. The smallest absolute Gasteiger partial charge is 0.397 e. The number of azo groups is 1. The van der Waals surface area contributed by atoms with Gasteiger partial charge in [-0.3, -0.25) is 18.2 Å². The first-order valence-electron chi connectivity index (χ1n) is 14.7. The summed E-state index contributed by atoms with van der Waals surface area (Å²) in [5, 5.41) is 21.4. The van der Waals surface area contributed by atoms with Gasteiger partial charge in [-0.05, 0) is 53.4 Å². The summed E-state index contributed by atoms with van der Waals surface area (Å²) in [4.78, 5) is 7.54. The van der Waals surface area contributed by atoms with Crippen LogP contribution in [0.3, 0.4) is 0 Å². The SMILES string of the molecule is O=S(=O)(O)OCCS(=O)(=O)c1cccc(Nc2nc(Cl)nc(Nc3cc(S(=O)(=O)O)cc4cc(S(=O)(=O)O)c(N=Nc5cc(F)c(S(=O)(=O)O)cc5F)c(O)c34)n2)c1. The van der Waals surface area contributed by atoms with Gasteiger partial charge in [0.15, 0.2) is 21.4 Å². The van der Waals surface area contributed by atoms with Crippen LogP contribution in [0.15, 0.2) is 84.4 Å². The average molecular weight is 932 g/mol. The van der Waals surface area contributed by atoms with Gasteiger partial charge >= 0.3 is 10.4 Å². The van der Waals surface area contributed by atoms with Gasteiger partial charge in [0.25, 0.3) is 30.4 Å². The first kappa shape index (κ1) is 44.0. The van der Waals surface area contributed by atoms with Crippen LogP contribution in [-0.4, -0.2) is 92.7 Å². The average Bonchev–Trinajstić information content (AvgIpc) is 3.06. The Labute approximate surface area is 329 Å². The number of anilines is 4. The van der Waals surface area contributed by atoms with Gasteiger partial charge in [-0.1, -0.05) is 6.07 Å². The number of halogens is 3. The maximum absolute atomic E-state index is 14.7. The third-order valence-corrected chi connectivity index (χ3v) is 12.0. The van der Waals surface area contributed by atoms with Crippen molar-refractivity contribution in [2.45, 2.75) is 19.6 Å². The number of sulfone groups is 1. The van der Waals surface area contributed by atoms with E-state index in [1.165, 1.54) is 12.1 Å². The molecule has 0 radical (unpaired) electrons. The van der Waals surface area contributed by atoms with E-state index in [9.17, 15) is 65.1 Å². The molecule has 7 N–H and O–H groups in total. The number of fused-ring (bicyclic) bond motifs is 1. The van der Waals surface area contributed by atoms with E-state index in [-0.39, 0.29) is 22.7 Å². The molecule has 23 nitrogen and oxygen atoms in total. The number of hydrogen-bond donors (Lipinski definition) is 7. The molecule has 0 amide bonds. The van der Waals surface area contributed by atoms with Gasteiger partial charge in [0.2, 0.25) is 17.2 Å². The molecule has 31 heteroatoms. The first-order valence-corrected chi connectivity index (χ1v) is 22.4. The second-order valence-corrected chi connectivity index (χ2v) is 18.8. The molecule has 0 aliphatic carbocycles. The van der Waals surface area contributed by atoms with Crippen LogP contribution in [0.5, 0.6) is 5.75 Å². The van der Waals surface area contributed by atoms with Crippen LogP contribution in [-0.2, 0) is 54.8 Å². The van der Waals surface area contributed by atoms with E-state index in [1.54, 1.807) is 0 Å². The van der Waals surface area contributed by atoms with E-state index < -0.39 is 140 Å². The molecule has 0 spiro atoms. The predicted octanol–water partition coefficient (Wildman–Crippen LogP) is 3.90. The Hall–Kier alpha value is -5.15. The Balaban J connectivity index is 1.60. The van der Waals surface area contributed by atoms with E-state index in [1.807, 2.05) is 0 Å². The maximum atomic E-state index is 14.7. The molecule has 0 unspecified atom stereocenters. The molecule has 1 heterocycles. The summed E-state index contributed by atoms with van der Waals surface area (Å²) in [6.45, 7) is -0.923. The normalized spacial score (nSPS) is 12.9. The topological polar surface area (TPSA) is 369 Å². The van der Waals surface area contributed by atoms with Crippen LogP contribution in [0.2, 0.25) is 5.28 Å². The minimum Gasteiger partial charge on any atom is -0.505 e. The maximum Gasteiger partial charge on any atom is 0.397 e. The zero-order chi connectivity index (χ0) is 43.2. The fraction of sp³-hybridized carbons (Fsp3) is 0.0741. The Morgan fingerprint density at radius 3 is 1.95 bits per heavy atom. The summed E-state index contributed by atoms with van der Waals surface area (Å²) in [5.41, 5.74) is -2.89. The van der Waals surface area contributed by atoms with Crippen LogP contribution in [0.1, 0.15) is 0 Å². The van der Waals surface area contributed by atoms with Gasteiger partial charge < -0.3 is 15.7 Å². The minimum atomic E-state index is -5.44. The Kier molecular flexibility index (Phi) is 12.0. The number of nitrogens with one attached hydrogen (secondary N) is 2. The summed E-state index contributed by atoms with van der Waals surface area (Å²) in [5.74, 6) is -6.50. The number of aromatic nitrogens is 3. The predicted molar refractivity (Wildman–Crippen MR) is 193 cm³/mol. The molecule has 0 atom stereocenters. The van der Waals surface area contributed by atoms with Gasteiger partial charge in [0.1, 0.15) is 27.0 Å². The van der Waals surface area contributed by atoms with Crippen molar-refractivity contribution in [2.75, 3.05) is 23.0 Å². The number of aromatic hydroxyl groups is 1. The minimum absolute atomic E-state index is 0.00994. The molecule has 0 fully saturated rings. The largest absolute Gasteiger partial charge is 0.505 e. The number of benzene rings is 4. The highest BCUT2D eigenvalue weighted by atomic mass is 35.5. The Morgan fingerprint density at radius 1 is 0.707 bits per heavy atom. The summed E-state index contributed by atoms with van der Waals surface area (Å²) < 4.78 is 189. The Morgan fingerprint density at radius 2 is 1.34 bits per heavy atom. The quantitative estimate of drug-likeness (QED) is 0.0613. The molecule has 0 aliphatic heterocycles. The van der Waals surface area contributed by atoms with E-state index in [2.05, 4.69) is 40.0 Å². The van der Waals surface area contributed by atoms with Gasteiger partial charge in [0, 0.05) is 23.2 Å². The van der Waals surface area contributed by atoms with Crippen molar-refractivity contribution < 1.29 is 78.4 Å². The van der Waals surface area contributed by atoms with E-state index >= 15 is 0 Å². The molecular formula is C27H20ClF2N7O16S5. The highest BCUT2D eigenvalue weighted by molar-refractivity contribution is 7.91. The molecule has 0 saturated heterocycles. The lowest BCUT2D eigenvalue weighted by Gasteiger charge is -2.15. The number of phenolic OH excluding ortho intramolecular Hbond substituents is 1. The molecule has 5 rings (SSSR count). The lowest BCUT2D eigenvalue weighted by atomic mass is 10.1. The van der Waals surface area contributed by atoms with Gasteiger partial charge in [0.05, 0.1) is 27.8 Å². The summed E-state index contributed by atoms with van der Waals surface area (Å²) in [6.07, 6.45) is 0. The standard InChI is InChI=1S/C27H20ClF2N7O16S5/c28-25-33-26(31-13-2-1-3-14(8-13)54(39,40)5-4-53-58(50,51)52)35-27(34-25)32-19-9-15(55(41,42)43)6-12-7-21(57(47,48)49)23(24(38)22(12)19)37-36-18-10-17(30)20(11-16(18)29)56(44,45)46/h1-3,6-11,38H,4-5H2,(H,41,42,43)(H,44,45,46)(H,47,48,49)(H,50,51,52)(H2,31,32,33,34,35). The first-order chi connectivity index (χ1) is 26.6. The fourth-order valence-electron chi connectivity index (χ4n) is 4.74. The molecule has 0 aliphatic rings. The van der Waals surface area contributed by atoms with Crippen LogP contribution >= 0.6 is 11.6 Å². The summed E-state index contributed by atoms with van der Waals surface area (Å²) in [6, 6.07) is 6.74. The number of phenols is 1. The molecular weight excluding hydrogens is 912 g/mol. The van der Waals surface area contributed by atoms with Crippen LogP contribution in [0.25, 0.3) is 10.8 Å². The van der Waals surface area contributed by atoms with E-state index in [4.69, 9.17) is 20.7 Å². The molecule has 1 aromatic heterocycles. The number of nitrogens with zero attached hydrogens (tertiary/aromatic N) is 5. The fourth-order valence-corrected chi connectivity index (χ4v) is 8.19. The lowest BCUT2D eigenvalue weighted by molar-refractivity contribution is 0.284. The van der Waals surface area contributed by atoms with Crippen molar-refractivity contribution in [1.82, 2.24) is 15.0 Å².